The Morgan fingerprint density at radius 2 is 1.72 bits per heavy atom. The molecule has 1 fully saturated rings. The van der Waals surface area contributed by atoms with Crippen molar-refractivity contribution in [2.24, 2.45) is 5.92 Å². The molecule has 0 aliphatic carbocycles. The normalized spacial score (nSPS) is 15.7. The van der Waals surface area contributed by atoms with Crippen LogP contribution in [-0.4, -0.2) is 60.2 Å². The standard InChI is InChI=1S/C31H35N5O3/c37-28(24-9-2-1-3-10-24)14-19-32-17-6-8-23-15-20-35(21-16-23)22-29(38)36-27-13-5-4-11-25(27)31(39)34-26-12-7-18-33-30(26)36/h1-5,7,9-13,18,23,32H,6,8,14-17,19-22H2,(H,34,39). The van der Waals surface area contributed by atoms with Crippen LogP contribution in [0, 0.1) is 5.92 Å². The molecule has 2 aliphatic heterocycles. The van der Waals surface area contributed by atoms with Crippen LogP contribution < -0.4 is 15.5 Å². The van der Waals surface area contributed by atoms with Crippen molar-refractivity contribution in [3.8, 4) is 0 Å². The molecule has 39 heavy (non-hydrogen) atoms. The third-order valence-electron chi connectivity index (χ3n) is 7.54. The Hall–Kier alpha value is -3.88. The first-order chi connectivity index (χ1) is 19.1. The minimum atomic E-state index is -0.242. The van der Waals surface area contributed by atoms with Gasteiger partial charge in [-0.1, -0.05) is 42.5 Å². The molecule has 1 aromatic heterocycles. The Balaban J connectivity index is 1.07. The number of fused-ring (bicyclic) bond motifs is 2. The minimum absolute atomic E-state index is 0.0911. The van der Waals surface area contributed by atoms with Gasteiger partial charge in [-0.05, 0) is 75.5 Å². The van der Waals surface area contributed by atoms with Gasteiger partial charge in [0.15, 0.2) is 11.6 Å². The lowest BCUT2D eigenvalue weighted by atomic mass is 9.92. The Labute approximate surface area is 229 Å². The van der Waals surface area contributed by atoms with Gasteiger partial charge in [0, 0.05) is 24.7 Å². The van der Waals surface area contributed by atoms with Crippen LogP contribution >= 0.6 is 0 Å². The maximum Gasteiger partial charge on any atom is 0.257 e. The molecule has 3 aromatic rings. The Morgan fingerprint density at radius 1 is 0.949 bits per heavy atom. The van der Waals surface area contributed by atoms with Crippen molar-refractivity contribution in [3.63, 3.8) is 0 Å². The van der Waals surface area contributed by atoms with Crippen LogP contribution in [0.1, 0.15) is 52.8 Å². The molecule has 0 unspecified atom stereocenters. The summed E-state index contributed by atoms with van der Waals surface area (Å²) in [5.41, 5.74) is 2.32. The van der Waals surface area contributed by atoms with Gasteiger partial charge in [-0.2, -0.15) is 0 Å². The molecule has 5 rings (SSSR count). The van der Waals surface area contributed by atoms with Crippen LogP contribution in [0.5, 0.6) is 0 Å². The second kappa shape index (κ2) is 12.8. The molecule has 3 heterocycles. The van der Waals surface area contributed by atoms with E-state index < -0.39 is 0 Å². The molecule has 2 aliphatic rings. The number of nitrogens with one attached hydrogen (secondary N) is 2. The molecule has 2 N–H and O–H groups in total. The van der Waals surface area contributed by atoms with Gasteiger partial charge in [-0.25, -0.2) is 4.98 Å². The zero-order valence-electron chi connectivity index (χ0n) is 22.1. The molecule has 2 aromatic carbocycles. The van der Waals surface area contributed by atoms with E-state index >= 15 is 0 Å². The highest BCUT2D eigenvalue weighted by molar-refractivity contribution is 6.17. The van der Waals surface area contributed by atoms with Crippen molar-refractivity contribution in [1.29, 1.82) is 0 Å². The first kappa shape index (κ1) is 26.7. The van der Waals surface area contributed by atoms with Gasteiger partial charge < -0.3 is 10.6 Å². The zero-order valence-corrected chi connectivity index (χ0v) is 22.1. The van der Waals surface area contributed by atoms with E-state index in [9.17, 15) is 14.4 Å². The second-order valence-electron chi connectivity index (χ2n) is 10.2. The summed E-state index contributed by atoms with van der Waals surface area (Å²) in [6.45, 7) is 3.64. The van der Waals surface area contributed by atoms with E-state index in [1.807, 2.05) is 36.4 Å². The molecule has 0 radical (unpaired) electrons. The number of aromatic nitrogens is 1. The maximum atomic E-state index is 13.6. The minimum Gasteiger partial charge on any atom is -0.319 e. The number of nitrogens with zero attached hydrogens (tertiary/aromatic N) is 3. The maximum absolute atomic E-state index is 13.6. The van der Waals surface area contributed by atoms with Gasteiger partial charge in [-0.15, -0.1) is 0 Å². The molecule has 2 amide bonds. The number of ketones is 1. The molecule has 0 spiro atoms. The van der Waals surface area contributed by atoms with Crippen LogP contribution in [0.15, 0.2) is 72.9 Å². The molecule has 202 valence electrons. The predicted octanol–water partition coefficient (Wildman–Crippen LogP) is 4.67. The summed E-state index contributed by atoms with van der Waals surface area (Å²) < 4.78 is 0. The fourth-order valence-corrected chi connectivity index (χ4v) is 5.40. The average molecular weight is 526 g/mol. The lowest BCUT2D eigenvalue weighted by Gasteiger charge is -2.33. The fraction of sp³-hybridized carbons (Fsp3) is 0.355. The van der Waals surface area contributed by atoms with Gasteiger partial charge in [0.1, 0.15) is 0 Å². The highest BCUT2D eigenvalue weighted by Gasteiger charge is 2.31. The van der Waals surface area contributed by atoms with Gasteiger partial charge in [-0.3, -0.25) is 24.2 Å². The number of hydrogen-bond acceptors (Lipinski definition) is 6. The number of likely N-dealkylation sites (tertiary alicyclic amines) is 1. The number of piperidine rings is 1. The van der Waals surface area contributed by atoms with E-state index in [0.29, 0.717) is 41.6 Å². The molecule has 8 nitrogen and oxygen atoms in total. The number of hydrogen-bond donors (Lipinski definition) is 2. The summed E-state index contributed by atoms with van der Waals surface area (Å²) in [5, 5.41) is 6.29. The number of rotatable bonds is 10. The van der Waals surface area contributed by atoms with Crippen molar-refractivity contribution in [3.05, 3.63) is 84.1 Å². The number of carbonyl (C=O) groups excluding carboxylic acids is 3. The van der Waals surface area contributed by atoms with Crippen LogP contribution in [0.2, 0.25) is 0 Å². The zero-order chi connectivity index (χ0) is 27.0. The predicted molar refractivity (Wildman–Crippen MR) is 152 cm³/mol. The van der Waals surface area contributed by atoms with Crippen molar-refractivity contribution < 1.29 is 14.4 Å². The lowest BCUT2D eigenvalue weighted by Crippen LogP contribution is -2.42. The molecule has 8 heteroatoms. The third kappa shape index (κ3) is 6.58. The highest BCUT2D eigenvalue weighted by atomic mass is 16.2. The SMILES string of the molecule is O=C(CCNCCCC1CCN(CC(=O)N2c3ccccc3C(=O)Nc3cccnc32)CC1)c1ccccc1. The third-order valence-corrected chi connectivity index (χ3v) is 7.54. The Bertz CT molecular complexity index is 1300. The number of benzene rings is 2. The fourth-order valence-electron chi connectivity index (χ4n) is 5.40. The van der Waals surface area contributed by atoms with E-state index in [4.69, 9.17) is 0 Å². The van der Waals surface area contributed by atoms with Crippen molar-refractivity contribution in [1.82, 2.24) is 15.2 Å². The monoisotopic (exact) mass is 525 g/mol. The Kier molecular flexibility index (Phi) is 8.75. The summed E-state index contributed by atoms with van der Waals surface area (Å²) in [7, 11) is 0. The molecule has 0 saturated carbocycles. The first-order valence-corrected chi connectivity index (χ1v) is 13.8. The van der Waals surface area contributed by atoms with Crippen molar-refractivity contribution in [2.75, 3.05) is 42.9 Å². The second-order valence-corrected chi connectivity index (χ2v) is 10.2. The number of carbonyl (C=O) groups is 3. The number of Topliss-reactive ketones (excluding diaryl/α,β-unsaturated/α-hetero) is 1. The van der Waals surface area contributed by atoms with Gasteiger partial charge in [0.2, 0.25) is 5.91 Å². The summed E-state index contributed by atoms with van der Waals surface area (Å²) in [6.07, 6.45) is 6.50. The molecule has 0 bridgehead atoms. The summed E-state index contributed by atoms with van der Waals surface area (Å²) in [4.78, 5) is 46.8. The van der Waals surface area contributed by atoms with Crippen molar-refractivity contribution >= 4 is 34.8 Å². The number of para-hydroxylation sites is 1. The van der Waals surface area contributed by atoms with E-state index in [2.05, 4.69) is 20.5 Å². The van der Waals surface area contributed by atoms with E-state index in [1.165, 1.54) is 0 Å². The smallest absolute Gasteiger partial charge is 0.257 e. The van der Waals surface area contributed by atoms with Gasteiger partial charge in [0.25, 0.3) is 5.91 Å². The van der Waals surface area contributed by atoms with E-state index in [0.717, 1.165) is 50.9 Å². The topological polar surface area (TPSA) is 94.6 Å². The van der Waals surface area contributed by atoms with E-state index in [-0.39, 0.29) is 24.1 Å². The van der Waals surface area contributed by atoms with Crippen LogP contribution in [0.3, 0.4) is 0 Å². The summed E-state index contributed by atoms with van der Waals surface area (Å²) in [6, 6.07) is 20.1. The van der Waals surface area contributed by atoms with Crippen molar-refractivity contribution in [2.45, 2.75) is 32.1 Å². The molecule has 1 saturated heterocycles. The van der Waals surface area contributed by atoms with Gasteiger partial charge >= 0.3 is 0 Å². The lowest BCUT2D eigenvalue weighted by molar-refractivity contribution is -0.119. The van der Waals surface area contributed by atoms with Crippen LogP contribution in [0.4, 0.5) is 17.2 Å². The van der Waals surface area contributed by atoms with Crippen LogP contribution in [-0.2, 0) is 4.79 Å². The van der Waals surface area contributed by atoms with Crippen LogP contribution in [0.25, 0.3) is 0 Å². The number of anilines is 3. The average Bonchev–Trinajstić information content (AvgIpc) is 3.09. The Morgan fingerprint density at radius 3 is 2.54 bits per heavy atom. The van der Waals surface area contributed by atoms with E-state index in [1.54, 1.807) is 41.4 Å². The number of amides is 2. The first-order valence-electron chi connectivity index (χ1n) is 13.8. The highest BCUT2D eigenvalue weighted by Crippen LogP contribution is 2.36. The summed E-state index contributed by atoms with van der Waals surface area (Å²) in [5.74, 6) is 0.941. The summed E-state index contributed by atoms with van der Waals surface area (Å²) >= 11 is 0. The largest absolute Gasteiger partial charge is 0.319 e. The quantitative estimate of drug-likeness (QED) is 0.295. The molecule has 0 atom stereocenters. The van der Waals surface area contributed by atoms with Gasteiger partial charge in [0.05, 0.1) is 23.5 Å². The molecular formula is C31H35N5O3. The number of pyridine rings is 1. The molecular weight excluding hydrogens is 490 g/mol.